The van der Waals surface area contributed by atoms with Gasteiger partial charge in [-0.05, 0) is 54.3 Å². The van der Waals surface area contributed by atoms with Crippen molar-refractivity contribution in [3.63, 3.8) is 0 Å². The third kappa shape index (κ3) is 6.26. The Labute approximate surface area is 251 Å². The van der Waals surface area contributed by atoms with Crippen LogP contribution in [0.5, 0.6) is 5.75 Å². The van der Waals surface area contributed by atoms with E-state index in [1.807, 2.05) is 16.9 Å². The Hall–Kier alpha value is -3.58. The smallest absolute Gasteiger partial charge is 0.148 e. The van der Waals surface area contributed by atoms with Crippen molar-refractivity contribution in [2.75, 3.05) is 30.4 Å². The number of aryl methyl sites for hydroxylation is 1. The third-order valence-corrected chi connectivity index (χ3v) is 9.43. The molecule has 42 heavy (non-hydrogen) atoms. The largest absolute Gasteiger partial charge is 0.487 e. The van der Waals surface area contributed by atoms with E-state index in [0.717, 1.165) is 39.2 Å². The molecule has 5 aromatic rings. The minimum absolute atomic E-state index is 0.119. The summed E-state index contributed by atoms with van der Waals surface area (Å²) in [5.41, 5.74) is 4.93. The molecule has 0 saturated heterocycles. The Bertz CT molecular complexity index is 1870. The summed E-state index contributed by atoms with van der Waals surface area (Å²) in [5, 5.41) is 12.6. The first-order valence-corrected chi connectivity index (χ1v) is 16.6. The number of hydrogen-bond donors (Lipinski definition) is 2. The Morgan fingerprint density at radius 1 is 1.14 bits per heavy atom. The quantitative estimate of drug-likeness (QED) is 0.188. The van der Waals surface area contributed by atoms with E-state index in [1.54, 1.807) is 41.9 Å². The fourth-order valence-corrected chi connectivity index (χ4v) is 7.00. The van der Waals surface area contributed by atoms with Crippen molar-refractivity contribution in [3.05, 3.63) is 82.6 Å². The number of nitrogens with zero attached hydrogens (tertiary/aromatic N) is 4. The summed E-state index contributed by atoms with van der Waals surface area (Å²) in [4.78, 5) is 11.1. The lowest BCUT2D eigenvalue weighted by molar-refractivity contribution is 0.306. The van der Waals surface area contributed by atoms with Gasteiger partial charge >= 0.3 is 0 Å². The molecule has 0 atom stereocenters. The van der Waals surface area contributed by atoms with Gasteiger partial charge in [-0.15, -0.1) is 11.3 Å². The van der Waals surface area contributed by atoms with Gasteiger partial charge < -0.3 is 15.4 Å². The predicted molar refractivity (Wildman–Crippen MR) is 164 cm³/mol. The van der Waals surface area contributed by atoms with Crippen LogP contribution in [-0.2, 0) is 35.8 Å². The second kappa shape index (κ2) is 12.0. The lowest BCUT2D eigenvalue weighted by Crippen LogP contribution is -2.26. The van der Waals surface area contributed by atoms with Crippen molar-refractivity contribution in [1.29, 1.82) is 0 Å². The van der Waals surface area contributed by atoms with E-state index < -0.39 is 9.84 Å². The van der Waals surface area contributed by atoms with Gasteiger partial charge in [0.2, 0.25) is 0 Å². The number of aromatic nitrogens is 4. The highest BCUT2D eigenvalue weighted by Gasteiger charge is 2.27. The molecule has 0 spiro atoms. The maximum atomic E-state index is 13.5. The topological polar surface area (TPSA) is 111 Å². The van der Waals surface area contributed by atoms with E-state index in [9.17, 15) is 12.8 Å². The first-order chi connectivity index (χ1) is 20.2. The zero-order valence-electron chi connectivity index (χ0n) is 22.7. The van der Waals surface area contributed by atoms with Gasteiger partial charge in [0.15, 0.2) is 0 Å². The van der Waals surface area contributed by atoms with Gasteiger partial charge in [-0.1, -0.05) is 23.7 Å². The second-order valence-electron chi connectivity index (χ2n) is 10.1. The molecule has 2 aromatic carbocycles. The molecule has 218 valence electrons. The molecule has 1 aliphatic rings. The summed E-state index contributed by atoms with van der Waals surface area (Å²) in [6, 6.07) is 11.7. The number of anilines is 2. The number of sulfone groups is 1. The molecule has 0 bridgehead atoms. The molecule has 9 nitrogen and oxygen atoms in total. The summed E-state index contributed by atoms with van der Waals surface area (Å²) in [6.07, 6.45) is 6.35. The maximum Gasteiger partial charge on any atom is 0.148 e. The lowest BCUT2D eigenvalue weighted by atomic mass is 9.95. The molecule has 2 N–H and O–H groups in total. The highest BCUT2D eigenvalue weighted by molar-refractivity contribution is 7.90. The van der Waals surface area contributed by atoms with Crippen LogP contribution in [0.2, 0.25) is 5.02 Å². The third-order valence-electron chi connectivity index (χ3n) is 7.02. The van der Waals surface area contributed by atoms with Crippen molar-refractivity contribution < 1.29 is 17.5 Å². The summed E-state index contributed by atoms with van der Waals surface area (Å²) < 4.78 is 44.0. The zero-order chi connectivity index (χ0) is 29.3. The molecule has 1 aliphatic carbocycles. The molecule has 3 aromatic heterocycles. The van der Waals surface area contributed by atoms with E-state index >= 15 is 0 Å². The number of fused-ring (bicyclic) bond motifs is 5. The van der Waals surface area contributed by atoms with E-state index in [0.29, 0.717) is 41.8 Å². The molecular formula is C29H28ClFN6O3S2. The van der Waals surface area contributed by atoms with Gasteiger partial charge in [0.25, 0.3) is 0 Å². The molecule has 0 fully saturated rings. The molecule has 0 radical (unpaired) electrons. The van der Waals surface area contributed by atoms with Crippen LogP contribution in [0.15, 0.2) is 55.0 Å². The van der Waals surface area contributed by atoms with Crippen molar-refractivity contribution in [2.45, 2.75) is 26.0 Å². The number of rotatable bonds is 11. The molecule has 0 saturated carbocycles. The number of ether oxygens (including phenoxy) is 1. The summed E-state index contributed by atoms with van der Waals surface area (Å²) in [5.74, 6) is 1.01. The van der Waals surface area contributed by atoms with Gasteiger partial charge in [-0.2, -0.15) is 5.10 Å². The van der Waals surface area contributed by atoms with Gasteiger partial charge in [0.1, 0.15) is 45.0 Å². The van der Waals surface area contributed by atoms with E-state index in [-0.39, 0.29) is 18.2 Å². The van der Waals surface area contributed by atoms with Crippen LogP contribution in [0.3, 0.4) is 0 Å². The van der Waals surface area contributed by atoms with E-state index in [1.165, 1.54) is 29.6 Å². The van der Waals surface area contributed by atoms with Crippen LogP contribution in [-0.4, -0.2) is 53.3 Å². The number of halogens is 2. The minimum Gasteiger partial charge on any atom is -0.487 e. The average molecular weight is 627 g/mol. The normalized spacial score (nSPS) is 12.7. The molecule has 13 heteroatoms. The molecule has 0 aliphatic heterocycles. The lowest BCUT2D eigenvalue weighted by Gasteiger charge is -2.16. The Kier molecular flexibility index (Phi) is 8.13. The number of hydrogen-bond acceptors (Lipinski definition) is 9. The highest BCUT2D eigenvalue weighted by atomic mass is 35.5. The molecule has 0 amide bonds. The Balaban J connectivity index is 1.18. The van der Waals surface area contributed by atoms with Crippen LogP contribution in [0.25, 0.3) is 20.7 Å². The van der Waals surface area contributed by atoms with Crippen molar-refractivity contribution >= 4 is 54.5 Å². The van der Waals surface area contributed by atoms with E-state index in [4.69, 9.17) is 16.3 Å². The number of nitrogens with one attached hydrogen (secondary N) is 2. The van der Waals surface area contributed by atoms with Crippen LogP contribution in [0, 0.1) is 5.82 Å². The Morgan fingerprint density at radius 2 is 2.02 bits per heavy atom. The summed E-state index contributed by atoms with van der Waals surface area (Å²) in [6.45, 7) is 1.93. The van der Waals surface area contributed by atoms with E-state index in [2.05, 4.69) is 25.7 Å². The second-order valence-corrected chi connectivity index (χ2v) is 13.8. The molecule has 6 rings (SSSR count). The minimum atomic E-state index is -2.98. The zero-order valence-corrected chi connectivity index (χ0v) is 25.1. The molecule has 3 heterocycles. The number of benzene rings is 2. The average Bonchev–Trinajstić information content (AvgIpc) is 3.54. The van der Waals surface area contributed by atoms with Crippen LogP contribution in [0.1, 0.15) is 16.8 Å². The van der Waals surface area contributed by atoms with Gasteiger partial charge in [-0.3, -0.25) is 4.68 Å². The first-order valence-electron chi connectivity index (χ1n) is 13.4. The fourth-order valence-electron chi connectivity index (χ4n) is 5.03. The van der Waals surface area contributed by atoms with Crippen LogP contribution < -0.4 is 15.4 Å². The van der Waals surface area contributed by atoms with Crippen LogP contribution >= 0.6 is 22.9 Å². The molecular weight excluding hydrogens is 599 g/mol. The first kappa shape index (κ1) is 28.5. The standard InChI is InChI=1S/C29H28ClFN6O3S2/c1-42(38,39)12-10-32-9-11-37-24-7-6-21-26-28(33-17-34-29(26)41-27(21)22(24)15-35-37)36-20-5-8-25(23(30)14-20)40-16-18-3-2-4-19(31)13-18/h2-5,8,13-15,17,32H,6-7,9-12,16H2,1H3,(H,33,34,36). The van der Waals surface area contributed by atoms with Gasteiger partial charge in [-0.25, -0.2) is 22.8 Å². The van der Waals surface area contributed by atoms with Crippen molar-refractivity contribution in [1.82, 2.24) is 25.1 Å². The van der Waals surface area contributed by atoms with Crippen molar-refractivity contribution in [3.8, 4) is 16.2 Å². The van der Waals surface area contributed by atoms with Gasteiger partial charge in [0, 0.05) is 41.2 Å². The van der Waals surface area contributed by atoms with Gasteiger partial charge in [0.05, 0.1) is 28.9 Å². The number of thiophene rings is 1. The summed E-state index contributed by atoms with van der Waals surface area (Å²) in [7, 11) is -2.98. The predicted octanol–water partition coefficient (Wildman–Crippen LogP) is 5.40. The monoisotopic (exact) mass is 626 g/mol. The maximum absolute atomic E-state index is 13.5. The van der Waals surface area contributed by atoms with Crippen molar-refractivity contribution in [2.24, 2.45) is 0 Å². The molecule has 0 unspecified atom stereocenters. The fraction of sp³-hybridized carbons (Fsp3) is 0.276. The SMILES string of the molecule is CS(=O)(=O)CCNCCn1ncc2c1CCc1c-2sc2ncnc(Nc3ccc(OCc4cccc(F)c4)c(Cl)c3)c12. The highest BCUT2D eigenvalue weighted by Crippen LogP contribution is 2.45. The van der Waals surface area contributed by atoms with Crippen LogP contribution in [0.4, 0.5) is 15.9 Å². The Morgan fingerprint density at radius 3 is 2.83 bits per heavy atom. The summed E-state index contributed by atoms with van der Waals surface area (Å²) >= 11 is 8.15.